The molecule has 0 aromatic heterocycles. The molecule has 0 radical (unpaired) electrons. The molecule has 4 atom stereocenters. The molecule has 2 aromatic carbocycles. The topological polar surface area (TPSA) is 73.8 Å². The Labute approximate surface area is 213 Å². The van der Waals surface area contributed by atoms with Crippen LogP contribution in [0.1, 0.15) is 69.2 Å². The van der Waals surface area contributed by atoms with E-state index in [4.69, 9.17) is 0 Å². The highest BCUT2D eigenvalue weighted by atomic mass is 32.2. The van der Waals surface area contributed by atoms with Gasteiger partial charge in [0.15, 0.2) is 5.17 Å². The third-order valence-electron chi connectivity index (χ3n) is 7.60. The van der Waals surface area contributed by atoms with Gasteiger partial charge in [0.1, 0.15) is 16.5 Å². The van der Waals surface area contributed by atoms with E-state index in [1.54, 1.807) is 36.2 Å². The van der Waals surface area contributed by atoms with Crippen molar-refractivity contribution in [2.45, 2.75) is 62.9 Å². The number of hydrazone groups is 1. The second-order valence-corrected chi connectivity index (χ2v) is 10.8. The summed E-state index contributed by atoms with van der Waals surface area (Å²) in [6.45, 7) is 3.58. The number of halogens is 2. The third-order valence-corrected chi connectivity index (χ3v) is 9.09. The number of carbonyl (C=O) groups is 2. The lowest BCUT2D eigenvalue weighted by atomic mass is 9.64. The van der Waals surface area contributed by atoms with Crippen molar-refractivity contribution in [2.24, 2.45) is 16.9 Å². The van der Waals surface area contributed by atoms with Gasteiger partial charge in [-0.2, -0.15) is 0 Å². The van der Waals surface area contributed by atoms with Gasteiger partial charge in [0.05, 0.1) is 0 Å². The Morgan fingerprint density at radius 3 is 1.97 bits per heavy atom. The van der Waals surface area contributed by atoms with Crippen LogP contribution in [-0.4, -0.2) is 26.9 Å². The van der Waals surface area contributed by atoms with Gasteiger partial charge in [-0.25, -0.2) is 13.8 Å². The summed E-state index contributed by atoms with van der Waals surface area (Å²) >= 11 is 1.46. The van der Waals surface area contributed by atoms with Crippen LogP contribution in [0.3, 0.4) is 0 Å². The van der Waals surface area contributed by atoms with Crippen LogP contribution in [0.15, 0.2) is 53.6 Å². The Balaban J connectivity index is 1.65. The first-order valence-corrected chi connectivity index (χ1v) is 13.4. The normalized spacial score (nSPS) is 29.2. The number of thioether (sulfide) groups is 1. The Morgan fingerprint density at radius 2 is 1.50 bits per heavy atom. The molecule has 2 amide bonds. The lowest BCUT2D eigenvalue weighted by Crippen LogP contribution is -2.65. The fourth-order valence-electron chi connectivity index (χ4n) is 5.99. The van der Waals surface area contributed by atoms with Crippen LogP contribution >= 0.6 is 11.8 Å². The van der Waals surface area contributed by atoms with Gasteiger partial charge in [0.25, 0.3) is 0 Å². The van der Waals surface area contributed by atoms with Crippen LogP contribution in [0.2, 0.25) is 0 Å². The van der Waals surface area contributed by atoms with Crippen molar-refractivity contribution in [1.29, 1.82) is 0 Å². The Morgan fingerprint density at radius 1 is 0.972 bits per heavy atom. The number of rotatable bonds is 4. The highest BCUT2D eigenvalue weighted by Crippen LogP contribution is 2.63. The summed E-state index contributed by atoms with van der Waals surface area (Å²) in [7, 11) is 0. The molecule has 2 bridgehead atoms. The zero-order chi connectivity index (χ0) is 25.4. The van der Waals surface area contributed by atoms with Crippen LogP contribution in [0.4, 0.5) is 8.78 Å². The standard InChI is InChI=1S/C27H30F2N4O2S/c1-3-22(34)30-26-32-33(23(35)4-2)27(36-26)20-6-5-7-21(27)25(17-10-14-19(29)15-11-17)31-24(20)16-8-12-18(28)13-9-16/h8-15,20-21,24-25,31H,3-7H2,1-2H3,(H,30,32,34). The van der Waals surface area contributed by atoms with Crippen LogP contribution in [0.5, 0.6) is 0 Å². The fraction of sp³-hybridized carbons (Fsp3) is 0.444. The largest absolute Gasteiger partial charge is 0.304 e. The molecule has 4 unspecified atom stereocenters. The third kappa shape index (κ3) is 4.22. The van der Waals surface area contributed by atoms with Gasteiger partial charge in [-0.15, -0.1) is 5.10 Å². The maximum absolute atomic E-state index is 13.8. The van der Waals surface area contributed by atoms with E-state index in [1.807, 2.05) is 6.92 Å². The number of amidine groups is 1. The van der Waals surface area contributed by atoms with E-state index < -0.39 is 4.87 Å². The number of benzene rings is 2. The van der Waals surface area contributed by atoms with Crippen molar-refractivity contribution in [2.75, 3.05) is 0 Å². The minimum Gasteiger partial charge on any atom is -0.304 e. The number of nitrogens with zero attached hydrogens (tertiary/aromatic N) is 2. The van der Waals surface area contributed by atoms with Crippen LogP contribution in [0, 0.1) is 23.5 Å². The molecule has 2 fully saturated rings. The number of piperidine rings is 1. The van der Waals surface area contributed by atoms with E-state index in [9.17, 15) is 18.4 Å². The fourth-order valence-corrected chi connectivity index (χ4v) is 7.63. The number of hydrogen-bond donors (Lipinski definition) is 2. The zero-order valence-electron chi connectivity index (χ0n) is 20.3. The van der Waals surface area contributed by atoms with Gasteiger partial charge < -0.3 is 10.6 Å². The molecule has 2 aromatic rings. The predicted octanol–water partition coefficient (Wildman–Crippen LogP) is 5.25. The summed E-state index contributed by atoms with van der Waals surface area (Å²) in [6.07, 6.45) is 3.22. The molecular weight excluding hydrogens is 482 g/mol. The van der Waals surface area contributed by atoms with E-state index in [0.717, 1.165) is 30.4 Å². The molecule has 5 rings (SSSR count). The lowest BCUT2D eigenvalue weighted by molar-refractivity contribution is -0.142. The molecule has 36 heavy (non-hydrogen) atoms. The predicted molar refractivity (Wildman–Crippen MR) is 136 cm³/mol. The lowest BCUT2D eigenvalue weighted by Gasteiger charge is -2.59. The maximum atomic E-state index is 13.8. The van der Waals surface area contributed by atoms with E-state index in [-0.39, 0.29) is 53.8 Å². The Bertz CT molecular complexity index is 1110. The molecular formula is C27H30F2N4O2S. The van der Waals surface area contributed by atoms with Crippen molar-refractivity contribution >= 4 is 28.7 Å². The van der Waals surface area contributed by atoms with Crippen LogP contribution in [-0.2, 0) is 9.59 Å². The second kappa shape index (κ2) is 9.94. The first kappa shape index (κ1) is 24.9. The highest BCUT2D eigenvalue weighted by Gasteiger charge is 2.64. The number of hydrogen-bond acceptors (Lipinski definition) is 5. The number of nitrogens with one attached hydrogen (secondary N) is 2. The SMILES string of the molecule is CCC(=O)NC1=NN(C(=O)CC)C2(S1)C1CCCC2C(c2ccc(F)cc2)NC1c1ccc(F)cc1. The molecule has 2 N–H and O–H groups in total. The molecule has 1 aliphatic carbocycles. The molecule has 1 spiro atoms. The Kier molecular flexibility index (Phi) is 6.87. The molecule has 3 aliphatic rings. The van der Waals surface area contributed by atoms with Gasteiger partial charge in [-0.3, -0.25) is 9.59 Å². The van der Waals surface area contributed by atoms with Gasteiger partial charge >= 0.3 is 0 Å². The van der Waals surface area contributed by atoms with Crippen molar-refractivity contribution in [3.05, 3.63) is 71.3 Å². The van der Waals surface area contributed by atoms with Crippen molar-refractivity contribution < 1.29 is 18.4 Å². The smallest absolute Gasteiger partial charge is 0.243 e. The average Bonchev–Trinajstić information content (AvgIpc) is 3.23. The molecule has 1 saturated heterocycles. The molecule has 1 saturated carbocycles. The summed E-state index contributed by atoms with van der Waals surface area (Å²) < 4.78 is 27.7. The maximum Gasteiger partial charge on any atom is 0.243 e. The molecule has 9 heteroatoms. The van der Waals surface area contributed by atoms with E-state index in [1.165, 1.54) is 36.0 Å². The molecule has 190 valence electrons. The second-order valence-electron chi connectivity index (χ2n) is 9.59. The van der Waals surface area contributed by atoms with E-state index in [0.29, 0.717) is 11.6 Å². The van der Waals surface area contributed by atoms with Crippen molar-refractivity contribution in [1.82, 2.24) is 15.6 Å². The summed E-state index contributed by atoms with van der Waals surface area (Å²) in [5.74, 6) is -0.986. The summed E-state index contributed by atoms with van der Waals surface area (Å²) in [5.41, 5.74) is 1.84. The molecule has 2 heterocycles. The average molecular weight is 513 g/mol. The number of amides is 2. The minimum absolute atomic E-state index is 0.0429. The minimum atomic E-state index is -0.745. The summed E-state index contributed by atoms with van der Waals surface area (Å²) in [6, 6.07) is 12.5. The van der Waals surface area contributed by atoms with E-state index >= 15 is 0 Å². The molecule has 2 aliphatic heterocycles. The zero-order valence-corrected chi connectivity index (χ0v) is 21.2. The summed E-state index contributed by atoms with van der Waals surface area (Å²) in [5, 5.41) is 13.4. The van der Waals surface area contributed by atoms with E-state index in [2.05, 4.69) is 15.7 Å². The van der Waals surface area contributed by atoms with Crippen LogP contribution in [0.25, 0.3) is 0 Å². The number of carbonyl (C=O) groups excluding carboxylic acids is 2. The quantitative estimate of drug-likeness (QED) is 0.587. The summed E-state index contributed by atoms with van der Waals surface area (Å²) in [4.78, 5) is 24.9. The monoisotopic (exact) mass is 512 g/mol. The van der Waals surface area contributed by atoms with Crippen molar-refractivity contribution in [3.63, 3.8) is 0 Å². The van der Waals surface area contributed by atoms with Crippen LogP contribution < -0.4 is 10.6 Å². The van der Waals surface area contributed by atoms with Gasteiger partial charge in [-0.05, 0) is 48.2 Å². The van der Waals surface area contributed by atoms with Gasteiger partial charge in [0, 0.05) is 36.8 Å². The van der Waals surface area contributed by atoms with Crippen molar-refractivity contribution in [3.8, 4) is 0 Å². The van der Waals surface area contributed by atoms with Gasteiger partial charge in [0.2, 0.25) is 11.8 Å². The Hall–Kier alpha value is -2.78. The van der Waals surface area contributed by atoms with Gasteiger partial charge in [-0.1, -0.05) is 56.3 Å². The first-order valence-electron chi connectivity index (χ1n) is 12.5. The molecule has 6 nitrogen and oxygen atoms in total. The highest BCUT2D eigenvalue weighted by molar-refractivity contribution is 8.15. The first-order chi connectivity index (χ1) is 17.4.